The highest BCUT2D eigenvalue weighted by molar-refractivity contribution is 6.02. The number of carbonyl (C=O) groups is 1. The molecule has 1 fully saturated rings. The Bertz CT molecular complexity index is 1020. The summed E-state index contributed by atoms with van der Waals surface area (Å²) in [5.41, 5.74) is 3.18. The Hall–Kier alpha value is -3.54. The van der Waals surface area contributed by atoms with Gasteiger partial charge < -0.3 is 10.2 Å². The predicted octanol–water partition coefficient (Wildman–Crippen LogP) is 5.32. The number of hydrogen-bond donors (Lipinski definition) is 1. The Morgan fingerprint density at radius 1 is 0.871 bits per heavy atom. The largest absolute Gasteiger partial charge is 0.355 e. The van der Waals surface area contributed by atoms with Crippen molar-refractivity contribution in [3.8, 4) is 11.3 Å². The summed E-state index contributed by atoms with van der Waals surface area (Å²) in [5.74, 6) is 0.379. The molecular weight excluding hydrogens is 391 g/mol. The Morgan fingerprint density at radius 3 is 2.23 bits per heavy atom. The minimum Gasteiger partial charge on any atom is -0.355 e. The van der Waals surface area contributed by atoms with Crippen LogP contribution in [0.2, 0.25) is 0 Å². The average Bonchev–Trinajstić information content (AvgIpc) is 3.09. The molecule has 1 aliphatic heterocycles. The lowest BCUT2D eigenvalue weighted by atomic mass is 10.1. The van der Waals surface area contributed by atoms with Gasteiger partial charge in [0.05, 0.1) is 5.69 Å². The molecule has 6 heteroatoms. The van der Waals surface area contributed by atoms with Gasteiger partial charge in [-0.2, -0.15) is 0 Å². The molecule has 2 heterocycles. The lowest BCUT2D eigenvalue weighted by molar-refractivity contribution is -0.111. The molecule has 0 aliphatic carbocycles. The highest BCUT2D eigenvalue weighted by Crippen LogP contribution is 2.22. The molecule has 0 spiro atoms. The molecule has 1 N–H and O–H groups in total. The number of carbonyl (C=O) groups excluding carboxylic acids is 1. The molecule has 1 amide bonds. The van der Waals surface area contributed by atoms with Gasteiger partial charge in [0.2, 0.25) is 5.91 Å². The molecule has 0 atom stereocenters. The van der Waals surface area contributed by atoms with Crippen molar-refractivity contribution in [2.24, 2.45) is 0 Å². The van der Waals surface area contributed by atoms with E-state index in [1.165, 1.54) is 43.9 Å². The van der Waals surface area contributed by atoms with Crippen molar-refractivity contribution < 1.29 is 9.18 Å². The molecular formula is C25H25FN4O. The van der Waals surface area contributed by atoms with Crippen molar-refractivity contribution in [3.05, 3.63) is 78.1 Å². The number of amides is 1. The number of halogens is 1. The number of aromatic nitrogens is 2. The molecule has 3 aromatic rings. The Morgan fingerprint density at radius 2 is 1.58 bits per heavy atom. The van der Waals surface area contributed by atoms with E-state index in [-0.39, 0.29) is 11.7 Å². The maximum Gasteiger partial charge on any atom is 0.248 e. The van der Waals surface area contributed by atoms with Crippen molar-refractivity contribution in [1.82, 2.24) is 10.2 Å². The highest BCUT2D eigenvalue weighted by Gasteiger charge is 2.12. The molecule has 5 nitrogen and oxygen atoms in total. The molecule has 0 bridgehead atoms. The van der Waals surface area contributed by atoms with Crippen LogP contribution in [0, 0.1) is 5.82 Å². The van der Waals surface area contributed by atoms with Gasteiger partial charge in [0, 0.05) is 30.4 Å². The van der Waals surface area contributed by atoms with Crippen LogP contribution in [-0.4, -0.2) is 29.2 Å². The van der Waals surface area contributed by atoms with Crippen LogP contribution >= 0.6 is 0 Å². The van der Waals surface area contributed by atoms with Gasteiger partial charge in [-0.15, -0.1) is 10.2 Å². The zero-order valence-corrected chi connectivity index (χ0v) is 17.3. The first kappa shape index (κ1) is 20.7. The van der Waals surface area contributed by atoms with Gasteiger partial charge in [0.15, 0.2) is 5.82 Å². The lowest BCUT2D eigenvalue weighted by Crippen LogP contribution is -2.25. The second-order valence-corrected chi connectivity index (χ2v) is 7.63. The summed E-state index contributed by atoms with van der Waals surface area (Å²) in [5, 5.41) is 11.6. The van der Waals surface area contributed by atoms with E-state index in [1.54, 1.807) is 18.2 Å². The zero-order chi connectivity index (χ0) is 21.5. The number of nitrogens with one attached hydrogen (secondary N) is 1. The summed E-state index contributed by atoms with van der Waals surface area (Å²) in [4.78, 5) is 14.4. The summed E-state index contributed by atoms with van der Waals surface area (Å²) in [6.45, 7) is 2.08. The second-order valence-electron chi connectivity index (χ2n) is 7.63. The van der Waals surface area contributed by atoms with Crippen molar-refractivity contribution in [3.63, 3.8) is 0 Å². The van der Waals surface area contributed by atoms with Crippen LogP contribution in [0.15, 0.2) is 66.7 Å². The number of nitrogens with zero attached hydrogens (tertiary/aromatic N) is 3. The summed E-state index contributed by atoms with van der Waals surface area (Å²) in [7, 11) is 0. The van der Waals surface area contributed by atoms with Gasteiger partial charge in [-0.05, 0) is 60.9 Å². The quantitative estimate of drug-likeness (QED) is 0.572. The van der Waals surface area contributed by atoms with Gasteiger partial charge in [0.1, 0.15) is 5.82 Å². The van der Waals surface area contributed by atoms with Gasteiger partial charge >= 0.3 is 0 Å². The molecule has 158 valence electrons. The molecule has 2 aromatic carbocycles. The molecule has 0 saturated carbocycles. The third-order valence-electron chi connectivity index (χ3n) is 5.33. The highest BCUT2D eigenvalue weighted by atomic mass is 19.1. The number of anilines is 2. The predicted molar refractivity (Wildman–Crippen MR) is 122 cm³/mol. The van der Waals surface area contributed by atoms with Crippen LogP contribution in [0.3, 0.4) is 0 Å². The van der Waals surface area contributed by atoms with Gasteiger partial charge in [-0.1, -0.05) is 37.1 Å². The minimum absolute atomic E-state index is 0.251. The van der Waals surface area contributed by atoms with Crippen molar-refractivity contribution in [2.75, 3.05) is 23.3 Å². The van der Waals surface area contributed by atoms with E-state index in [0.29, 0.717) is 5.69 Å². The molecule has 31 heavy (non-hydrogen) atoms. The first-order valence-electron chi connectivity index (χ1n) is 10.6. The summed E-state index contributed by atoms with van der Waals surface area (Å²) in [6.07, 6.45) is 8.05. The molecule has 1 aliphatic rings. The van der Waals surface area contributed by atoms with Crippen LogP contribution in [0.5, 0.6) is 0 Å². The fourth-order valence-electron chi connectivity index (χ4n) is 3.60. The second kappa shape index (κ2) is 9.98. The van der Waals surface area contributed by atoms with Crippen LogP contribution in [-0.2, 0) is 4.79 Å². The topological polar surface area (TPSA) is 58.1 Å². The fraction of sp³-hybridized carbons (Fsp3) is 0.240. The van der Waals surface area contributed by atoms with Gasteiger partial charge in [-0.25, -0.2) is 4.39 Å². The van der Waals surface area contributed by atoms with Crippen LogP contribution in [0.4, 0.5) is 15.9 Å². The molecule has 1 aromatic heterocycles. The van der Waals surface area contributed by atoms with Crippen LogP contribution in [0.25, 0.3) is 17.3 Å². The van der Waals surface area contributed by atoms with E-state index in [9.17, 15) is 9.18 Å². The minimum atomic E-state index is -0.303. The number of benzene rings is 2. The van der Waals surface area contributed by atoms with Gasteiger partial charge in [0.25, 0.3) is 0 Å². The van der Waals surface area contributed by atoms with Gasteiger partial charge in [-0.3, -0.25) is 4.79 Å². The lowest BCUT2D eigenvalue weighted by Gasteiger charge is -2.20. The standard InChI is InChI=1S/C25H25FN4O/c26-21-10-5-19(6-11-21)7-16-25(31)27-22-12-8-20(9-13-22)23-14-15-24(29-28-23)30-17-3-1-2-4-18-30/h5-16H,1-4,17-18H2,(H,27,31)/b16-7+. The average molecular weight is 417 g/mol. The Labute approximate surface area is 181 Å². The molecule has 0 radical (unpaired) electrons. The fourth-order valence-corrected chi connectivity index (χ4v) is 3.60. The maximum absolute atomic E-state index is 12.9. The maximum atomic E-state index is 12.9. The first-order chi connectivity index (χ1) is 15.2. The molecule has 0 unspecified atom stereocenters. The van der Waals surface area contributed by atoms with Crippen LogP contribution in [0.1, 0.15) is 31.2 Å². The van der Waals surface area contributed by atoms with Crippen molar-refractivity contribution >= 4 is 23.5 Å². The van der Waals surface area contributed by atoms with E-state index in [4.69, 9.17) is 0 Å². The van der Waals surface area contributed by atoms with Crippen molar-refractivity contribution in [1.29, 1.82) is 0 Å². The summed E-state index contributed by atoms with van der Waals surface area (Å²) >= 11 is 0. The molecule has 1 saturated heterocycles. The van der Waals surface area contributed by atoms with E-state index < -0.39 is 0 Å². The third-order valence-corrected chi connectivity index (χ3v) is 5.33. The summed E-state index contributed by atoms with van der Waals surface area (Å²) < 4.78 is 12.9. The Balaban J connectivity index is 1.36. The van der Waals surface area contributed by atoms with E-state index in [2.05, 4.69) is 20.4 Å². The summed E-state index contributed by atoms with van der Waals surface area (Å²) in [6, 6.07) is 17.5. The van der Waals surface area contributed by atoms with E-state index >= 15 is 0 Å². The smallest absolute Gasteiger partial charge is 0.248 e. The van der Waals surface area contributed by atoms with E-state index in [0.717, 1.165) is 35.7 Å². The zero-order valence-electron chi connectivity index (χ0n) is 17.3. The Kier molecular flexibility index (Phi) is 6.67. The first-order valence-corrected chi connectivity index (χ1v) is 10.6. The normalized spacial score (nSPS) is 14.4. The number of rotatable bonds is 5. The van der Waals surface area contributed by atoms with Crippen LogP contribution < -0.4 is 10.2 Å². The van der Waals surface area contributed by atoms with E-state index in [1.807, 2.05) is 36.4 Å². The number of hydrogen-bond acceptors (Lipinski definition) is 4. The van der Waals surface area contributed by atoms with Crippen molar-refractivity contribution in [2.45, 2.75) is 25.7 Å². The molecule has 4 rings (SSSR count). The third kappa shape index (κ3) is 5.75. The monoisotopic (exact) mass is 416 g/mol. The SMILES string of the molecule is O=C(/C=C/c1ccc(F)cc1)Nc1ccc(-c2ccc(N3CCCCCC3)nn2)cc1.